The van der Waals surface area contributed by atoms with Gasteiger partial charge in [-0.25, -0.2) is 0 Å². The Hall–Kier alpha value is -5.71. The minimum Gasteiger partial charge on any atom is -0.457 e. The van der Waals surface area contributed by atoms with Crippen molar-refractivity contribution >= 4 is 31.5 Å². The Morgan fingerprint density at radius 2 is 1.04 bits per heavy atom. The van der Waals surface area contributed by atoms with Gasteiger partial charge in [0.15, 0.2) is 0 Å². The fourth-order valence-electron chi connectivity index (χ4n) is 9.17. The van der Waals surface area contributed by atoms with Gasteiger partial charge in [-0.05, 0) is 98.8 Å². The van der Waals surface area contributed by atoms with Crippen molar-refractivity contribution in [3.63, 3.8) is 0 Å². The molecule has 8 aromatic rings. The van der Waals surface area contributed by atoms with Gasteiger partial charge < -0.3 is 9.47 Å². The van der Waals surface area contributed by atoms with Crippen LogP contribution in [0.1, 0.15) is 78.3 Å². The molecule has 0 atom stereocenters. The van der Waals surface area contributed by atoms with E-state index in [0.717, 1.165) is 48.0 Å². The van der Waals surface area contributed by atoms with Crippen LogP contribution in [0, 0.1) is 6.92 Å². The number of hydrogen-bond acceptors (Lipinski definition) is 4. The molecule has 10 rings (SSSR count). The summed E-state index contributed by atoms with van der Waals surface area (Å²) in [7, 11) is 0. The third-order valence-electron chi connectivity index (χ3n) is 12.1. The van der Waals surface area contributed by atoms with Crippen molar-refractivity contribution in [2.45, 2.75) is 57.8 Å². The van der Waals surface area contributed by atoms with Crippen molar-refractivity contribution in [1.29, 1.82) is 0 Å². The van der Waals surface area contributed by atoms with Crippen LogP contribution in [0.15, 0.2) is 140 Å². The molecule has 4 heteroatoms. The van der Waals surface area contributed by atoms with Gasteiger partial charge in [0.2, 0.25) is 0 Å². The molecule has 2 aliphatic heterocycles. The summed E-state index contributed by atoms with van der Waals surface area (Å²) < 4.78 is 15.8. The number of rotatable bonds is 6. The lowest BCUT2D eigenvalue weighted by atomic mass is 9.68. The first-order valence-electron chi connectivity index (χ1n) is 19.1. The van der Waals surface area contributed by atoms with E-state index in [2.05, 4.69) is 161 Å². The normalized spacial score (nSPS) is 14.7. The molecular formula is C50H41NO2S. The minimum absolute atomic E-state index is 0.417. The molecule has 6 aromatic carbocycles. The van der Waals surface area contributed by atoms with E-state index in [1.54, 1.807) is 0 Å². The van der Waals surface area contributed by atoms with Gasteiger partial charge in [0.05, 0.1) is 0 Å². The number of benzene rings is 6. The second-order valence-corrected chi connectivity index (χ2v) is 16.2. The number of nitrogens with zero attached hydrogens (tertiary/aromatic N) is 1. The molecule has 0 radical (unpaired) electrons. The summed E-state index contributed by atoms with van der Waals surface area (Å²) in [5.74, 6) is 3.65. The summed E-state index contributed by atoms with van der Waals surface area (Å²) in [6, 6.07) is 48.5. The Morgan fingerprint density at radius 3 is 1.54 bits per heavy atom. The molecule has 264 valence electrons. The molecule has 54 heavy (non-hydrogen) atoms. The van der Waals surface area contributed by atoms with Crippen LogP contribution in [0.4, 0.5) is 0 Å². The van der Waals surface area contributed by atoms with Crippen LogP contribution in [0.3, 0.4) is 0 Å². The highest BCUT2D eigenvalue weighted by Gasteiger charge is 2.42. The molecule has 2 aliphatic rings. The molecular weight excluding hydrogens is 679 g/mol. The number of pyridine rings is 1. The van der Waals surface area contributed by atoms with Gasteiger partial charge in [0, 0.05) is 76.3 Å². The van der Waals surface area contributed by atoms with E-state index in [0.29, 0.717) is 0 Å². The van der Waals surface area contributed by atoms with E-state index in [1.807, 2.05) is 17.5 Å². The molecule has 4 heterocycles. The van der Waals surface area contributed by atoms with Crippen LogP contribution in [-0.2, 0) is 17.3 Å². The third-order valence-corrected chi connectivity index (χ3v) is 13.5. The molecule has 0 saturated carbocycles. The first kappa shape index (κ1) is 32.9. The number of hydrogen-bond donors (Lipinski definition) is 0. The fraction of sp³-hybridized carbons (Fsp3) is 0.180. The zero-order valence-corrected chi connectivity index (χ0v) is 31.9. The van der Waals surface area contributed by atoms with Crippen LogP contribution in [0.5, 0.6) is 23.0 Å². The van der Waals surface area contributed by atoms with Crippen molar-refractivity contribution in [1.82, 2.24) is 4.98 Å². The van der Waals surface area contributed by atoms with Crippen LogP contribution in [0.2, 0.25) is 0 Å². The van der Waals surface area contributed by atoms with Gasteiger partial charge in [-0.1, -0.05) is 98.3 Å². The number of fused-ring (bicyclic) bond motifs is 7. The van der Waals surface area contributed by atoms with Crippen molar-refractivity contribution in [3.05, 3.63) is 184 Å². The van der Waals surface area contributed by atoms with Crippen LogP contribution < -0.4 is 9.47 Å². The van der Waals surface area contributed by atoms with Crippen molar-refractivity contribution in [2.24, 2.45) is 0 Å². The van der Waals surface area contributed by atoms with Crippen LogP contribution in [0.25, 0.3) is 31.3 Å². The van der Waals surface area contributed by atoms with Gasteiger partial charge >= 0.3 is 0 Å². The first-order valence-corrected chi connectivity index (χ1v) is 19.9. The molecule has 0 saturated heterocycles. The number of ether oxygens (including phenoxy) is 2. The van der Waals surface area contributed by atoms with E-state index in [9.17, 15) is 0 Å². The molecule has 0 fully saturated rings. The van der Waals surface area contributed by atoms with Crippen LogP contribution >= 0.6 is 11.3 Å². The average Bonchev–Trinajstić information content (AvgIpc) is 3.59. The Kier molecular flexibility index (Phi) is 7.57. The fourth-order valence-corrected chi connectivity index (χ4v) is 10.5. The summed E-state index contributed by atoms with van der Waals surface area (Å²) in [5.41, 5.74) is 11.2. The number of para-hydroxylation sites is 4. The Bertz CT molecular complexity index is 2680. The van der Waals surface area contributed by atoms with E-state index < -0.39 is 10.8 Å². The number of unbranched alkanes of at least 4 members (excludes halogenated alkanes) is 1. The maximum absolute atomic E-state index is 6.56. The zero-order valence-electron chi connectivity index (χ0n) is 31.1. The highest BCUT2D eigenvalue weighted by molar-refractivity contribution is 7.26. The summed E-state index contributed by atoms with van der Waals surface area (Å²) >= 11 is 1.94. The van der Waals surface area contributed by atoms with Gasteiger partial charge in [-0.3, -0.25) is 4.98 Å². The topological polar surface area (TPSA) is 31.4 Å². The predicted octanol–water partition coefficient (Wildman–Crippen LogP) is 13.7. The Morgan fingerprint density at radius 1 is 0.556 bits per heavy atom. The molecule has 2 aromatic heterocycles. The Balaban J connectivity index is 1.32. The Labute approximate surface area is 320 Å². The predicted molar refractivity (Wildman–Crippen MR) is 223 cm³/mol. The maximum Gasteiger partial charge on any atom is 0.131 e. The maximum atomic E-state index is 6.56. The van der Waals surface area contributed by atoms with Gasteiger partial charge in [-0.15, -0.1) is 11.3 Å². The number of aromatic nitrogens is 1. The molecule has 0 aliphatic carbocycles. The number of thiophene rings is 1. The van der Waals surface area contributed by atoms with Crippen molar-refractivity contribution < 1.29 is 9.47 Å². The lowest BCUT2D eigenvalue weighted by Crippen LogP contribution is -2.29. The largest absolute Gasteiger partial charge is 0.457 e. The van der Waals surface area contributed by atoms with Gasteiger partial charge in [0.25, 0.3) is 0 Å². The standard InChI is InChI=1S/C50H41NO2S/c1-5-6-16-32-27-33(49(3)39-18-7-11-22-43(39)52-44-23-12-8-19-40(44)49)28-37-38-30-34(29-36(48(38)54-47(32)37)35-17-15-26-51-31(35)2)50(4)41-20-9-13-24-45(41)53-46-25-14-10-21-42(46)50/h7-15,17-30H,5-6,16H2,1-4H3. The second kappa shape index (κ2) is 12.4. The first-order chi connectivity index (χ1) is 26.4. The van der Waals surface area contributed by atoms with Gasteiger partial charge in [0.1, 0.15) is 23.0 Å². The van der Waals surface area contributed by atoms with Crippen molar-refractivity contribution in [3.8, 4) is 34.1 Å². The molecule has 0 amide bonds. The molecule has 0 bridgehead atoms. The molecule has 3 nitrogen and oxygen atoms in total. The zero-order chi connectivity index (χ0) is 36.6. The highest BCUT2D eigenvalue weighted by Crippen LogP contribution is 2.56. The minimum atomic E-state index is -0.466. The smallest absolute Gasteiger partial charge is 0.131 e. The molecule has 0 N–H and O–H groups in total. The SMILES string of the molecule is CCCCc1cc(C2(C)c3ccccc3Oc3ccccc32)cc2c1sc1c(-c3cccnc3C)cc(C3(C)c4ccccc4Oc4ccccc43)cc12. The summed E-state index contributed by atoms with van der Waals surface area (Å²) in [6.45, 7) is 9.18. The van der Waals surface area contributed by atoms with E-state index in [4.69, 9.17) is 14.5 Å². The van der Waals surface area contributed by atoms with E-state index in [1.165, 1.54) is 70.2 Å². The highest BCUT2D eigenvalue weighted by atomic mass is 32.1. The monoisotopic (exact) mass is 719 g/mol. The summed E-state index contributed by atoms with van der Waals surface area (Å²) in [6.07, 6.45) is 5.19. The second-order valence-electron chi connectivity index (χ2n) is 15.2. The van der Waals surface area contributed by atoms with Crippen LogP contribution in [-0.4, -0.2) is 4.98 Å². The lowest BCUT2D eigenvalue weighted by Gasteiger charge is -2.38. The quantitative estimate of drug-likeness (QED) is 0.171. The van der Waals surface area contributed by atoms with E-state index >= 15 is 0 Å². The molecule has 0 unspecified atom stereocenters. The summed E-state index contributed by atoms with van der Waals surface area (Å²) in [5, 5.41) is 2.59. The van der Waals surface area contributed by atoms with Gasteiger partial charge in [-0.2, -0.15) is 0 Å². The molecule has 0 spiro atoms. The summed E-state index contributed by atoms with van der Waals surface area (Å²) in [4.78, 5) is 4.81. The van der Waals surface area contributed by atoms with Crippen molar-refractivity contribution in [2.75, 3.05) is 0 Å². The third kappa shape index (κ3) is 4.76. The average molecular weight is 720 g/mol. The lowest BCUT2D eigenvalue weighted by molar-refractivity contribution is 0.427. The van der Waals surface area contributed by atoms with E-state index in [-0.39, 0.29) is 0 Å². The number of aryl methyl sites for hydroxylation is 2.